The Balaban J connectivity index is 2.54. The van der Waals surface area contributed by atoms with Crippen molar-refractivity contribution in [2.24, 2.45) is 0 Å². The molecule has 6 heteroatoms. The van der Waals surface area contributed by atoms with Gasteiger partial charge in [-0.05, 0) is 18.5 Å². The minimum absolute atomic E-state index is 0.0836. The summed E-state index contributed by atoms with van der Waals surface area (Å²) in [5, 5.41) is 9.92. The number of aliphatic hydroxyl groups excluding tert-OH is 1. The zero-order valence-corrected chi connectivity index (χ0v) is 9.92. The number of aromatic amines is 1. The predicted octanol–water partition coefficient (Wildman–Crippen LogP) is 2.83. The van der Waals surface area contributed by atoms with E-state index in [0.717, 1.165) is 11.1 Å². The van der Waals surface area contributed by atoms with Gasteiger partial charge in [0.2, 0.25) is 5.28 Å². The molecule has 0 aromatic carbocycles. The van der Waals surface area contributed by atoms with Crippen LogP contribution in [0.3, 0.4) is 0 Å². The molecule has 2 rings (SSSR count). The molecule has 0 spiro atoms. The summed E-state index contributed by atoms with van der Waals surface area (Å²) in [4.78, 5) is 10.7. The summed E-state index contributed by atoms with van der Waals surface area (Å²) in [7, 11) is 0. The summed E-state index contributed by atoms with van der Waals surface area (Å²) < 4.78 is 0. The van der Waals surface area contributed by atoms with Crippen LogP contribution in [0.5, 0.6) is 0 Å². The van der Waals surface area contributed by atoms with Crippen molar-refractivity contribution in [1.29, 1.82) is 0 Å². The second-order valence-electron chi connectivity index (χ2n) is 3.35. The molecule has 4 nitrogen and oxygen atoms in total. The Morgan fingerprint density at radius 3 is 2.69 bits per heavy atom. The first-order valence-corrected chi connectivity index (χ1v) is 5.38. The van der Waals surface area contributed by atoms with Gasteiger partial charge < -0.3 is 10.1 Å². The van der Waals surface area contributed by atoms with Crippen molar-refractivity contribution < 1.29 is 5.11 Å². The van der Waals surface area contributed by atoms with Crippen LogP contribution in [0.2, 0.25) is 10.4 Å². The third-order valence-corrected chi connectivity index (χ3v) is 2.53. The van der Waals surface area contributed by atoms with Crippen molar-refractivity contribution in [3.8, 4) is 11.3 Å². The highest BCUT2D eigenvalue weighted by Crippen LogP contribution is 2.28. The Hall–Kier alpha value is -1.10. The summed E-state index contributed by atoms with van der Waals surface area (Å²) >= 11 is 11.5. The zero-order chi connectivity index (χ0) is 11.7. The van der Waals surface area contributed by atoms with Crippen LogP contribution in [-0.4, -0.2) is 20.1 Å². The number of H-pyrrole nitrogens is 1. The first kappa shape index (κ1) is 11.4. The Morgan fingerprint density at radius 1 is 1.31 bits per heavy atom. The van der Waals surface area contributed by atoms with Crippen molar-refractivity contribution in [3.05, 3.63) is 34.5 Å². The van der Waals surface area contributed by atoms with Crippen LogP contribution in [0.15, 0.2) is 18.5 Å². The third kappa shape index (κ3) is 2.19. The van der Waals surface area contributed by atoms with Crippen LogP contribution in [0.4, 0.5) is 0 Å². The van der Waals surface area contributed by atoms with E-state index < -0.39 is 6.10 Å². The lowest BCUT2D eigenvalue weighted by Gasteiger charge is -2.06. The van der Waals surface area contributed by atoms with Crippen LogP contribution in [0, 0.1) is 0 Å². The highest BCUT2D eigenvalue weighted by molar-refractivity contribution is 6.32. The summed E-state index contributed by atoms with van der Waals surface area (Å²) in [5.41, 5.74) is 2.09. The molecule has 0 aliphatic carbocycles. The van der Waals surface area contributed by atoms with Crippen molar-refractivity contribution in [2.45, 2.75) is 13.0 Å². The van der Waals surface area contributed by atoms with Crippen LogP contribution in [0.1, 0.15) is 18.6 Å². The fourth-order valence-corrected chi connectivity index (χ4v) is 1.88. The Labute approximate surface area is 102 Å². The number of hydrogen-bond donors (Lipinski definition) is 2. The van der Waals surface area contributed by atoms with Gasteiger partial charge in [0, 0.05) is 29.6 Å². The second kappa shape index (κ2) is 4.41. The standard InChI is InChI=1S/C10H9Cl2N3O/c1-5(16)6-3-13-4-7(6)8-2-9(11)15-10(12)14-8/h2-5,13,16H,1H3/t5-/m1/s1. The molecule has 0 saturated carbocycles. The van der Waals surface area contributed by atoms with Gasteiger partial charge >= 0.3 is 0 Å². The van der Waals surface area contributed by atoms with Crippen LogP contribution in [0.25, 0.3) is 11.3 Å². The van der Waals surface area contributed by atoms with E-state index in [9.17, 15) is 5.11 Å². The monoisotopic (exact) mass is 257 g/mol. The molecule has 0 radical (unpaired) electrons. The molecule has 0 amide bonds. The van der Waals surface area contributed by atoms with Crippen LogP contribution >= 0.6 is 23.2 Å². The molecular formula is C10H9Cl2N3O. The molecule has 2 N–H and O–H groups in total. The number of nitrogens with zero attached hydrogens (tertiary/aromatic N) is 2. The lowest BCUT2D eigenvalue weighted by molar-refractivity contribution is 0.200. The third-order valence-electron chi connectivity index (χ3n) is 2.17. The van der Waals surface area contributed by atoms with E-state index in [1.165, 1.54) is 0 Å². The van der Waals surface area contributed by atoms with Crippen LogP contribution < -0.4 is 0 Å². The van der Waals surface area contributed by atoms with Crippen molar-refractivity contribution >= 4 is 23.2 Å². The molecule has 0 bridgehead atoms. The van der Waals surface area contributed by atoms with E-state index in [4.69, 9.17) is 23.2 Å². The average molecular weight is 258 g/mol. The van der Waals surface area contributed by atoms with E-state index in [0.29, 0.717) is 5.69 Å². The molecular weight excluding hydrogens is 249 g/mol. The number of hydrogen-bond acceptors (Lipinski definition) is 3. The topological polar surface area (TPSA) is 61.8 Å². The van der Waals surface area contributed by atoms with Gasteiger partial charge in [0.1, 0.15) is 5.15 Å². The van der Waals surface area contributed by atoms with E-state index in [-0.39, 0.29) is 10.4 Å². The smallest absolute Gasteiger partial charge is 0.224 e. The van der Waals surface area contributed by atoms with Gasteiger partial charge in [0.05, 0.1) is 11.8 Å². The van der Waals surface area contributed by atoms with Crippen molar-refractivity contribution in [3.63, 3.8) is 0 Å². The van der Waals surface area contributed by atoms with Gasteiger partial charge in [-0.2, -0.15) is 0 Å². The highest BCUT2D eigenvalue weighted by Gasteiger charge is 2.13. The molecule has 2 heterocycles. The Kier molecular flexibility index (Phi) is 3.14. The number of nitrogens with one attached hydrogen (secondary N) is 1. The van der Waals surface area contributed by atoms with Crippen LogP contribution in [-0.2, 0) is 0 Å². The molecule has 0 fully saturated rings. The Bertz CT molecular complexity index is 490. The zero-order valence-electron chi connectivity index (χ0n) is 8.41. The molecule has 0 aliphatic heterocycles. The van der Waals surface area contributed by atoms with Gasteiger partial charge in [-0.25, -0.2) is 9.97 Å². The van der Waals surface area contributed by atoms with Gasteiger partial charge in [0.25, 0.3) is 0 Å². The summed E-state index contributed by atoms with van der Waals surface area (Å²) in [6, 6.07) is 1.60. The average Bonchev–Trinajstić information content (AvgIpc) is 2.63. The minimum Gasteiger partial charge on any atom is -0.389 e. The molecule has 16 heavy (non-hydrogen) atoms. The molecule has 0 aliphatic rings. The van der Waals surface area contributed by atoms with Gasteiger partial charge in [-0.1, -0.05) is 11.6 Å². The molecule has 2 aromatic heterocycles. The SMILES string of the molecule is C[C@@H](O)c1c[nH]cc1-c1cc(Cl)nc(Cl)n1. The van der Waals surface area contributed by atoms with Gasteiger partial charge in [0.15, 0.2) is 0 Å². The van der Waals surface area contributed by atoms with E-state index in [2.05, 4.69) is 15.0 Å². The van der Waals surface area contributed by atoms with E-state index >= 15 is 0 Å². The summed E-state index contributed by atoms with van der Waals surface area (Å²) in [5.74, 6) is 0. The van der Waals surface area contributed by atoms with Crippen molar-refractivity contribution in [1.82, 2.24) is 15.0 Å². The molecule has 0 unspecified atom stereocenters. The molecule has 0 saturated heterocycles. The second-order valence-corrected chi connectivity index (χ2v) is 4.07. The maximum atomic E-state index is 9.56. The predicted molar refractivity (Wildman–Crippen MR) is 62.5 cm³/mol. The van der Waals surface area contributed by atoms with E-state index in [1.807, 2.05) is 0 Å². The largest absolute Gasteiger partial charge is 0.389 e. The number of halogens is 2. The van der Waals surface area contributed by atoms with Gasteiger partial charge in [-0.15, -0.1) is 0 Å². The number of aromatic nitrogens is 3. The highest BCUT2D eigenvalue weighted by atomic mass is 35.5. The minimum atomic E-state index is -0.589. The number of rotatable bonds is 2. The maximum Gasteiger partial charge on any atom is 0.224 e. The molecule has 84 valence electrons. The summed E-state index contributed by atoms with van der Waals surface area (Å²) in [6.07, 6.45) is 2.86. The quantitative estimate of drug-likeness (QED) is 0.643. The fourth-order valence-electron chi connectivity index (χ4n) is 1.47. The fraction of sp³-hybridized carbons (Fsp3) is 0.200. The van der Waals surface area contributed by atoms with Gasteiger partial charge in [-0.3, -0.25) is 0 Å². The first-order chi connectivity index (χ1) is 7.58. The van der Waals surface area contributed by atoms with E-state index in [1.54, 1.807) is 25.4 Å². The maximum absolute atomic E-state index is 9.56. The van der Waals surface area contributed by atoms with Crippen molar-refractivity contribution in [2.75, 3.05) is 0 Å². The lowest BCUT2D eigenvalue weighted by atomic mass is 10.1. The molecule has 2 aromatic rings. The first-order valence-electron chi connectivity index (χ1n) is 4.63. The summed E-state index contributed by atoms with van der Waals surface area (Å²) in [6.45, 7) is 1.68. The molecule has 1 atom stereocenters. The lowest BCUT2D eigenvalue weighted by Crippen LogP contribution is -1.94. The Morgan fingerprint density at radius 2 is 2.06 bits per heavy atom. The normalized spacial score (nSPS) is 12.8. The number of aliphatic hydroxyl groups is 1.